The smallest absolute Gasteiger partial charge is 0.196 e. The highest BCUT2D eigenvalue weighted by Gasteiger charge is 2.27. The highest BCUT2D eigenvalue weighted by atomic mass is 79.9. The minimum absolute atomic E-state index is 0.0210. The molecule has 0 aromatic heterocycles. The van der Waals surface area contributed by atoms with Crippen molar-refractivity contribution < 1.29 is 23.0 Å². The number of ketones is 1. The third-order valence-electron chi connectivity index (χ3n) is 2.38. The van der Waals surface area contributed by atoms with Crippen molar-refractivity contribution in [2.45, 2.75) is 6.10 Å². The summed E-state index contributed by atoms with van der Waals surface area (Å²) in [7, 11) is 0. The first kappa shape index (κ1) is 12.6. The molecule has 0 amide bonds. The van der Waals surface area contributed by atoms with Crippen LogP contribution in [0.2, 0.25) is 0 Å². The number of hydrogen-bond donors (Lipinski definition) is 0. The lowest BCUT2D eigenvalue weighted by Crippen LogP contribution is -2.35. The van der Waals surface area contributed by atoms with Gasteiger partial charge in [0, 0.05) is 0 Å². The Kier molecular flexibility index (Phi) is 3.86. The van der Waals surface area contributed by atoms with E-state index in [9.17, 15) is 13.6 Å². The summed E-state index contributed by atoms with van der Waals surface area (Å²) >= 11 is 2.84. The van der Waals surface area contributed by atoms with Crippen LogP contribution in [0.1, 0.15) is 10.4 Å². The topological polar surface area (TPSA) is 35.5 Å². The number of halogens is 3. The number of ether oxygens (including phenoxy) is 2. The van der Waals surface area contributed by atoms with Crippen molar-refractivity contribution in [1.29, 1.82) is 0 Å². The average Bonchev–Trinajstić information content (AvgIpc) is 2.34. The summed E-state index contributed by atoms with van der Waals surface area (Å²) in [5.74, 6) is -2.07. The third-order valence-corrected chi connectivity index (χ3v) is 2.99. The molecule has 1 aliphatic heterocycles. The van der Waals surface area contributed by atoms with E-state index in [0.717, 1.165) is 12.1 Å². The molecular formula is C11H9BrF2O3. The standard InChI is InChI=1S/C11H9BrF2O3/c12-7-4-8(13)6(3-9(7)14)11(15)10-5-16-1-2-17-10/h3-4,10H,1-2,5H2. The molecule has 1 fully saturated rings. The molecule has 1 aromatic rings. The third kappa shape index (κ3) is 2.70. The van der Waals surface area contributed by atoms with Gasteiger partial charge in [-0.05, 0) is 28.1 Å². The van der Waals surface area contributed by atoms with Crippen LogP contribution in [0.3, 0.4) is 0 Å². The normalized spacial score (nSPS) is 20.3. The molecule has 1 unspecified atom stereocenters. The van der Waals surface area contributed by atoms with Gasteiger partial charge >= 0.3 is 0 Å². The lowest BCUT2D eigenvalue weighted by molar-refractivity contribution is -0.0720. The van der Waals surface area contributed by atoms with Crippen LogP contribution in [-0.4, -0.2) is 31.7 Å². The lowest BCUT2D eigenvalue weighted by atomic mass is 10.1. The molecule has 0 radical (unpaired) electrons. The van der Waals surface area contributed by atoms with Crippen molar-refractivity contribution in [2.24, 2.45) is 0 Å². The molecule has 92 valence electrons. The summed E-state index contributed by atoms with van der Waals surface area (Å²) in [5, 5.41) is 0. The van der Waals surface area contributed by atoms with Gasteiger partial charge < -0.3 is 9.47 Å². The molecule has 6 heteroatoms. The molecule has 1 aliphatic rings. The molecule has 1 heterocycles. The number of rotatable bonds is 2. The van der Waals surface area contributed by atoms with Gasteiger partial charge in [0.15, 0.2) is 5.78 Å². The fourth-order valence-electron chi connectivity index (χ4n) is 1.52. The van der Waals surface area contributed by atoms with Crippen LogP contribution in [0, 0.1) is 11.6 Å². The minimum atomic E-state index is -0.862. The van der Waals surface area contributed by atoms with E-state index >= 15 is 0 Å². The van der Waals surface area contributed by atoms with Gasteiger partial charge in [-0.2, -0.15) is 0 Å². The first-order valence-corrected chi connectivity index (χ1v) is 5.77. The summed E-state index contributed by atoms with van der Waals surface area (Å²) in [6.07, 6.45) is -0.862. The van der Waals surface area contributed by atoms with Gasteiger partial charge in [0.2, 0.25) is 0 Å². The zero-order chi connectivity index (χ0) is 12.4. The maximum Gasteiger partial charge on any atom is 0.196 e. The van der Waals surface area contributed by atoms with Crippen molar-refractivity contribution in [3.05, 3.63) is 33.8 Å². The number of benzene rings is 1. The number of carbonyl (C=O) groups excluding carboxylic acids is 1. The first-order chi connectivity index (χ1) is 8.09. The van der Waals surface area contributed by atoms with E-state index in [-0.39, 0.29) is 23.2 Å². The molecule has 0 saturated carbocycles. The molecule has 0 N–H and O–H groups in total. The van der Waals surface area contributed by atoms with Crippen molar-refractivity contribution in [1.82, 2.24) is 0 Å². The van der Waals surface area contributed by atoms with E-state index in [1.54, 1.807) is 0 Å². The maximum absolute atomic E-state index is 13.5. The second kappa shape index (κ2) is 5.20. The summed E-state index contributed by atoms with van der Waals surface area (Å²) in [5.41, 5.74) is -0.318. The van der Waals surface area contributed by atoms with E-state index in [0.29, 0.717) is 6.61 Å². The van der Waals surface area contributed by atoms with E-state index in [4.69, 9.17) is 9.47 Å². The minimum Gasteiger partial charge on any atom is -0.376 e. The van der Waals surface area contributed by atoms with E-state index in [1.165, 1.54) is 0 Å². The molecule has 1 aromatic carbocycles. The Morgan fingerprint density at radius 2 is 2.06 bits per heavy atom. The second-order valence-electron chi connectivity index (χ2n) is 3.54. The zero-order valence-corrected chi connectivity index (χ0v) is 10.3. The molecule has 1 atom stereocenters. The van der Waals surface area contributed by atoms with Gasteiger partial charge in [-0.25, -0.2) is 8.78 Å². The highest BCUT2D eigenvalue weighted by Crippen LogP contribution is 2.22. The molecule has 0 bridgehead atoms. The lowest BCUT2D eigenvalue weighted by Gasteiger charge is -2.21. The Balaban J connectivity index is 2.26. The van der Waals surface area contributed by atoms with Gasteiger partial charge in [-0.3, -0.25) is 4.79 Å². The van der Waals surface area contributed by atoms with Gasteiger partial charge in [0.25, 0.3) is 0 Å². The van der Waals surface area contributed by atoms with Gasteiger partial charge in [0.1, 0.15) is 17.7 Å². The van der Waals surface area contributed by atoms with Crippen LogP contribution >= 0.6 is 15.9 Å². The van der Waals surface area contributed by atoms with E-state index in [2.05, 4.69) is 15.9 Å². The molecule has 2 rings (SSSR count). The Morgan fingerprint density at radius 3 is 2.71 bits per heavy atom. The maximum atomic E-state index is 13.5. The van der Waals surface area contributed by atoms with Gasteiger partial charge in [0.05, 0.1) is 29.9 Å². The van der Waals surface area contributed by atoms with Crippen LogP contribution in [0.5, 0.6) is 0 Å². The Morgan fingerprint density at radius 1 is 1.29 bits per heavy atom. The Bertz CT molecular complexity index is 445. The molecule has 1 saturated heterocycles. The fraction of sp³-hybridized carbons (Fsp3) is 0.364. The quantitative estimate of drug-likeness (QED) is 0.621. The van der Waals surface area contributed by atoms with Crippen LogP contribution < -0.4 is 0 Å². The Labute approximate surface area is 105 Å². The van der Waals surface area contributed by atoms with Crippen molar-refractivity contribution in [3.8, 4) is 0 Å². The van der Waals surface area contributed by atoms with Gasteiger partial charge in [-0.15, -0.1) is 0 Å². The number of carbonyl (C=O) groups is 1. The highest BCUT2D eigenvalue weighted by molar-refractivity contribution is 9.10. The Hall–Kier alpha value is -0.850. The molecular weight excluding hydrogens is 298 g/mol. The zero-order valence-electron chi connectivity index (χ0n) is 8.71. The largest absolute Gasteiger partial charge is 0.376 e. The number of hydrogen-bond acceptors (Lipinski definition) is 3. The van der Waals surface area contributed by atoms with E-state index < -0.39 is 23.5 Å². The molecule has 0 spiro atoms. The van der Waals surface area contributed by atoms with Crippen LogP contribution in [0.25, 0.3) is 0 Å². The van der Waals surface area contributed by atoms with Crippen LogP contribution in [0.4, 0.5) is 8.78 Å². The SMILES string of the molecule is O=C(c1cc(F)c(Br)cc1F)C1COCCO1. The second-order valence-corrected chi connectivity index (χ2v) is 4.40. The monoisotopic (exact) mass is 306 g/mol. The summed E-state index contributed by atoms with van der Waals surface area (Å²) in [4.78, 5) is 11.9. The summed E-state index contributed by atoms with van der Waals surface area (Å²) < 4.78 is 36.9. The van der Waals surface area contributed by atoms with E-state index in [1.807, 2.05) is 0 Å². The van der Waals surface area contributed by atoms with Crippen LogP contribution in [0.15, 0.2) is 16.6 Å². The molecule has 17 heavy (non-hydrogen) atoms. The van der Waals surface area contributed by atoms with Gasteiger partial charge in [-0.1, -0.05) is 0 Å². The summed E-state index contributed by atoms with van der Waals surface area (Å²) in [6.45, 7) is 0.744. The fourth-order valence-corrected chi connectivity index (χ4v) is 1.84. The van der Waals surface area contributed by atoms with Crippen molar-refractivity contribution in [3.63, 3.8) is 0 Å². The van der Waals surface area contributed by atoms with Crippen LogP contribution in [-0.2, 0) is 9.47 Å². The van der Waals surface area contributed by atoms with Crippen molar-refractivity contribution in [2.75, 3.05) is 19.8 Å². The predicted octanol–water partition coefficient (Wildman–Crippen LogP) is 2.33. The average molecular weight is 307 g/mol. The summed E-state index contributed by atoms with van der Waals surface area (Å²) in [6, 6.07) is 1.78. The number of Topliss-reactive ketones (excluding diaryl/α,β-unsaturated/α-hetero) is 1. The molecule has 3 nitrogen and oxygen atoms in total. The molecule has 0 aliphatic carbocycles. The predicted molar refractivity (Wildman–Crippen MR) is 58.9 cm³/mol. The van der Waals surface area contributed by atoms with Crippen molar-refractivity contribution >= 4 is 21.7 Å². The first-order valence-electron chi connectivity index (χ1n) is 4.97.